The molecule has 3 unspecified atom stereocenters. The third-order valence-electron chi connectivity index (χ3n) is 6.96. The lowest BCUT2D eigenvalue weighted by atomic mass is 9.95. The Labute approximate surface area is 258 Å². The number of nitrogens with one attached hydrogen (secondary N) is 1. The number of carbonyl (C=O) groups excluding carboxylic acids is 4. The van der Waals surface area contributed by atoms with E-state index in [0.717, 1.165) is 15.8 Å². The Kier molecular flexibility index (Phi) is 11.4. The number of aromatic nitrogens is 1. The number of para-hydroxylation sites is 1. The molecule has 44 heavy (non-hydrogen) atoms. The second kappa shape index (κ2) is 14.8. The van der Waals surface area contributed by atoms with Crippen LogP contribution in [-0.4, -0.2) is 80.5 Å². The number of amides is 5. The third-order valence-corrected chi connectivity index (χ3v) is 6.96. The van der Waals surface area contributed by atoms with Gasteiger partial charge in [0.25, 0.3) is 5.91 Å². The van der Waals surface area contributed by atoms with Crippen LogP contribution in [0.3, 0.4) is 0 Å². The fraction of sp³-hybridized carbons (Fsp3) is 0.424. The Balaban J connectivity index is 2.15. The van der Waals surface area contributed by atoms with Crippen LogP contribution in [0.15, 0.2) is 66.7 Å². The number of urea groups is 1. The summed E-state index contributed by atoms with van der Waals surface area (Å²) >= 11 is 0. The second-order valence-electron chi connectivity index (χ2n) is 12.5. The highest BCUT2D eigenvalue weighted by Crippen LogP contribution is 2.23. The Morgan fingerprint density at radius 1 is 0.909 bits per heavy atom. The molecule has 11 heteroatoms. The molecule has 1 heterocycles. The molecule has 0 aliphatic heterocycles. The van der Waals surface area contributed by atoms with E-state index in [2.05, 4.69) is 10.3 Å². The average molecular weight is 605 g/mol. The molecule has 236 valence electrons. The van der Waals surface area contributed by atoms with Gasteiger partial charge in [0.15, 0.2) is 0 Å². The first-order valence-corrected chi connectivity index (χ1v) is 14.7. The van der Waals surface area contributed by atoms with Crippen molar-refractivity contribution in [2.45, 2.75) is 71.2 Å². The lowest BCUT2D eigenvalue weighted by Gasteiger charge is -2.40. The van der Waals surface area contributed by atoms with Gasteiger partial charge in [0.2, 0.25) is 11.8 Å². The van der Waals surface area contributed by atoms with Crippen molar-refractivity contribution in [2.75, 3.05) is 13.1 Å². The van der Waals surface area contributed by atoms with E-state index in [-0.39, 0.29) is 30.6 Å². The van der Waals surface area contributed by atoms with Crippen LogP contribution in [-0.2, 0) is 16.0 Å². The average Bonchev–Trinajstić information content (AvgIpc) is 2.94. The number of rotatable bonds is 13. The predicted octanol–water partition coefficient (Wildman–Crippen LogP) is 2.84. The Bertz CT molecular complexity index is 1460. The molecule has 0 aliphatic rings. The van der Waals surface area contributed by atoms with Crippen LogP contribution in [0.25, 0.3) is 10.9 Å². The van der Waals surface area contributed by atoms with Crippen molar-refractivity contribution in [1.82, 2.24) is 20.1 Å². The molecule has 3 aromatic rings. The summed E-state index contributed by atoms with van der Waals surface area (Å²) in [4.78, 5) is 59.8. The molecule has 6 N–H and O–H groups in total. The lowest BCUT2D eigenvalue weighted by molar-refractivity contribution is -0.129. The number of pyridine rings is 1. The number of benzene rings is 2. The summed E-state index contributed by atoms with van der Waals surface area (Å²) in [6.45, 7) is 9.60. The highest BCUT2D eigenvalue weighted by atomic mass is 16.3. The van der Waals surface area contributed by atoms with Gasteiger partial charge in [-0.2, -0.15) is 0 Å². The number of nitrogens with zero attached hydrogens (tertiary/aromatic N) is 3. The molecule has 11 nitrogen and oxygen atoms in total. The molecular weight excluding hydrogens is 560 g/mol. The number of primary amides is 2. The molecule has 0 radical (unpaired) electrons. The van der Waals surface area contributed by atoms with E-state index < -0.39 is 47.9 Å². The summed E-state index contributed by atoms with van der Waals surface area (Å²) in [5.41, 5.74) is 12.1. The van der Waals surface area contributed by atoms with E-state index in [9.17, 15) is 24.3 Å². The fourth-order valence-electron chi connectivity index (χ4n) is 5.07. The summed E-state index contributed by atoms with van der Waals surface area (Å²) < 4.78 is 0. The molecule has 3 atom stereocenters. The minimum atomic E-state index is -1.49. The Morgan fingerprint density at radius 3 is 2.14 bits per heavy atom. The van der Waals surface area contributed by atoms with E-state index in [1.807, 2.05) is 77.1 Å². The number of fused-ring (bicyclic) bond motifs is 1. The van der Waals surface area contributed by atoms with Crippen LogP contribution < -0.4 is 16.8 Å². The molecule has 3 rings (SSSR count). The molecule has 2 aromatic carbocycles. The standard InChI is InChI=1S/C33H44N6O5/c1-21(2)19-38(32(44)37-33(3,4)5)20-28(40)26(17-22-11-7-6-8-12-22)39(27(30(35)42)18-29(34)41)31(43)25-16-15-23-13-9-10-14-24(23)36-25/h6-16,21,26-28,40H,17-20H2,1-5H3,(H2,34,41)(H2,35,42)(H,37,44). The van der Waals surface area contributed by atoms with Crippen molar-refractivity contribution in [2.24, 2.45) is 17.4 Å². The first-order chi connectivity index (χ1) is 20.7. The summed E-state index contributed by atoms with van der Waals surface area (Å²) in [5.74, 6) is -2.46. The third kappa shape index (κ3) is 9.50. The van der Waals surface area contributed by atoms with Gasteiger partial charge in [0, 0.05) is 17.5 Å². The molecule has 0 fully saturated rings. The van der Waals surface area contributed by atoms with E-state index in [4.69, 9.17) is 11.5 Å². The zero-order valence-corrected chi connectivity index (χ0v) is 26.1. The van der Waals surface area contributed by atoms with Crippen molar-refractivity contribution >= 4 is 34.7 Å². The molecule has 5 amide bonds. The van der Waals surface area contributed by atoms with Crippen LogP contribution in [0.2, 0.25) is 0 Å². The van der Waals surface area contributed by atoms with Gasteiger partial charge in [-0.1, -0.05) is 68.4 Å². The minimum Gasteiger partial charge on any atom is -0.389 e. The zero-order valence-electron chi connectivity index (χ0n) is 26.1. The smallest absolute Gasteiger partial charge is 0.317 e. The molecule has 0 saturated heterocycles. The summed E-state index contributed by atoms with van der Waals surface area (Å²) in [7, 11) is 0. The van der Waals surface area contributed by atoms with Crippen molar-refractivity contribution in [3.05, 3.63) is 78.0 Å². The Hall–Kier alpha value is -4.51. The first-order valence-electron chi connectivity index (χ1n) is 14.7. The fourth-order valence-corrected chi connectivity index (χ4v) is 5.07. The molecular formula is C33H44N6O5. The number of hydrogen-bond acceptors (Lipinski definition) is 6. The SMILES string of the molecule is CC(C)CN(CC(O)C(Cc1ccccc1)N(C(=O)c1ccc2ccccc2n1)C(CC(N)=O)C(N)=O)C(=O)NC(C)(C)C. The number of aliphatic hydroxyl groups excluding tert-OH is 1. The second-order valence-corrected chi connectivity index (χ2v) is 12.5. The van der Waals surface area contributed by atoms with E-state index in [1.54, 1.807) is 18.2 Å². The number of hydrogen-bond donors (Lipinski definition) is 4. The van der Waals surface area contributed by atoms with Crippen LogP contribution in [0.5, 0.6) is 0 Å². The monoisotopic (exact) mass is 604 g/mol. The van der Waals surface area contributed by atoms with Gasteiger partial charge in [-0.15, -0.1) is 0 Å². The van der Waals surface area contributed by atoms with E-state index in [1.165, 1.54) is 11.0 Å². The maximum absolute atomic E-state index is 14.3. The summed E-state index contributed by atoms with van der Waals surface area (Å²) in [5, 5.41) is 15.6. The van der Waals surface area contributed by atoms with E-state index >= 15 is 0 Å². The number of aliphatic hydroxyl groups is 1. The normalized spacial score (nSPS) is 13.6. The molecule has 0 aliphatic carbocycles. The largest absolute Gasteiger partial charge is 0.389 e. The van der Waals surface area contributed by atoms with Crippen LogP contribution in [0.4, 0.5) is 4.79 Å². The van der Waals surface area contributed by atoms with Crippen molar-refractivity contribution in [1.29, 1.82) is 0 Å². The van der Waals surface area contributed by atoms with Crippen LogP contribution in [0, 0.1) is 5.92 Å². The van der Waals surface area contributed by atoms with Gasteiger partial charge in [-0.25, -0.2) is 9.78 Å². The van der Waals surface area contributed by atoms with Crippen molar-refractivity contribution in [3.63, 3.8) is 0 Å². The lowest BCUT2D eigenvalue weighted by Crippen LogP contribution is -2.61. The maximum atomic E-state index is 14.3. The highest BCUT2D eigenvalue weighted by Gasteiger charge is 2.40. The van der Waals surface area contributed by atoms with Gasteiger partial charge >= 0.3 is 6.03 Å². The van der Waals surface area contributed by atoms with Gasteiger partial charge < -0.3 is 31.7 Å². The van der Waals surface area contributed by atoms with Gasteiger partial charge in [-0.3, -0.25) is 14.4 Å². The van der Waals surface area contributed by atoms with Crippen molar-refractivity contribution in [3.8, 4) is 0 Å². The number of carbonyl (C=O) groups is 4. The Morgan fingerprint density at radius 2 is 1.55 bits per heavy atom. The number of nitrogens with two attached hydrogens (primary N) is 2. The molecule has 0 bridgehead atoms. The zero-order chi connectivity index (χ0) is 32.6. The van der Waals surface area contributed by atoms with Gasteiger partial charge in [-0.05, 0) is 50.8 Å². The topological polar surface area (TPSA) is 172 Å². The molecule has 1 aromatic heterocycles. The summed E-state index contributed by atoms with van der Waals surface area (Å²) in [6, 6.07) is 16.6. The summed E-state index contributed by atoms with van der Waals surface area (Å²) in [6.07, 6.45) is -1.84. The first kappa shape index (κ1) is 34.0. The quantitative estimate of drug-likeness (QED) is 0.234. The predicted molar refractivity (Wildman–Crippen MR) is 169 cm³/mol. The van der Waals surface area contributed by atoms with Gasteiger partial charge in [0.1, 0.15) is 11.7 Å². The highest BCUT2D eigenvalue weighted by molar-refractivity contribution is 5.99. The minimum absolute atomic E-state index is 0.00538. The maximum Gasteiger partial charge on any atom is 0.317 e. The van der Waals surface area contributed by atoms with Gasteiger partial charge in [0.05, 0.1) is 30.6 Å². The van der Waals surface area contributed by atoms with Crippen molar-refractivity contribution < 1.29 is 24.3 Å². The van der Waals surface area contributed by atoms with Crippen LogP contribution >= 0.6 is 0 Å². The molecule has 0 spiro atoms. The molecule has 0 saturated carbocycles. The van der Waals surface area contributed by atoms with Crippen LogP contribution in [0.1, 0.15) is 57.1 Å². The van der Waals surface area contributed by atoms with E-state index in [0.29, 0.717) is 12.1 Å².